The SMILES string of the molecule is CC(C)(C#N)CCCOc1ccc(C#N)cc1. The summed E-state index contributed by atoms with van der Waals surface area (Å²) in [6.07, 6.45) is 1.67. The first-order valence-corrected chi connectivity index (χ1v) is 5.61. The zero-order valence-electron chi connectivity index (χ0n) is 10.2. The Kier molecular flexibility index (Phi) is 4.55. The highest BCUT2D eigenvalue weighted by Gasteiger charge is 2.15. The lowest BCUT2D eigenvalue weighted by atomic mass is 9.90. The summed E-state index contributed by atoms with van der Waals surface area (Å²) in [4.78, 5) is 0. The van der Waals surface area contributed by atoms with Gasteiger partial charge in [-0.25, -0.2) is 0 Å². The first-order chi connectivity index (χ1) is 8.07. The van der Waals surface area contributed by atoms with Crippen LogP contribution in [0.25, 0.3) is 0 Å². The second-order valence-electron chi connectivity index (χ2n) is 4.58. The quantitative estimate of drug-likeness (QED) is 0.727. The van der Waals surface area contributed by atoms with Crippen molar-refractivity contribution >= 4 is 0 Å². The minimum Gasteiger partial charge on any atom is -0.494 e. The summed E-state index contributed by atoms with van der Waals surface area (Å²) in [5.74, 6) is 0.763. The Hall–Kier alpha value is -2.00. The Morgan fingerprint density at radius 1 is 1.18 bits per heavy atom. The van der Waals surface area contributed by atoms with Crippen LogP contribution in [0.4, 0.5) is 0 Å². The molecule has 0 atom stereocenters. The third-order valence-electron chi connectivity index (χ3n) is 2.50. The molecule has 0 aliphatic heterocycles. The van der Waals surface area contributed by atoms with E-state index in [1.807, 2.05) is 13.8 Å². The van der Waals surface area contributed by atoms with Gasteiger partial charge in [0.2, 0.25) is 0 Å². The van der Waals surface area contributed by atoms with Crippen molar-refractivity contribution in [2.45, 2.75) is 26.7 Å². The van der Waals surface area contributed by atoms with Crippen molar-refractivity contribution in [3.05, 3.63) is 29.8 Å². The van der Waals surface area contributed by atoms with Crippen LogP contribution in [0.15, 0.2) is 24.3 Å². The monoisotopic (exact) mass is 228 g/mol. The number of rotatable bonds is 5. The number of benzene rings is 1. The first kappa shape index (κ1) is 13.1. The van der Waals surface area contributed by atoms with Crippen LogP contribution in [-0.4, -0.2) is 6.61 Å². The van der Waals surface area contributed by atoms with Crippen LogP contribution >= 0.6 is 0 Å². The fourth-order valence-corrected chi connectivity index (χ4v) is 1.39. The molecule has 0 fully saturated rings. The maximum atomic E-state index is 8.85. The summed E-state index contributed by atoms with van der Waals surface area (Å²) < 4.78 is 5.53. The van der Waals surface area contributed by atoms with Crippen LogP contribution in [0.5, 0.6) is 5.75 Å². The van der Waals surface area contributed by atoms with Crippen LogP contribution < -0.4 is 4.74 Å². The second kappa shape index (κ2) is 5.92. The van der Waals surface area contributed by atoms with E-state index in [1.54, 1.807) is 24.3 Å². The highest BCUT2D eigenvalue weighted by molar-refractivity contribution is 5.34. The van der Waals surface area contributed by atoms with E-state index in [1.165, 1.54) is 0 Å². The Labute approximate surface area is 102 Å². The van der Waals surface area contributed by atoms with E-state index in [4.69, 9.17) is 15.3 Å². The van der Waals surface area contributed by atoms with E-state index >= 15 is 0 Å². The standard InChI is InChI=1S/C14H16N2O/c1-14(2,11-16)8-3-9-17-13-6-4-12(10-15)5-7-13/h4-7H,3,8-9H2,1-2H3. The number of hydrogen-bond donors (Lipinski definition) is 0. The van der Waals surface area contributed by atoms with E-state index in [0.29, 0.717) is 12.2 Å². The third-order valence-corrected chi connectivity index (χ3v) is 2.50. The van der Waals surface area contributed by atoms with Crippen LogP contribution in [0.2, 0.25) is 0 Å². The molecule has 0 amide bonds. The third kappa shape index (κ3) is 4.57. The number of ether oxygens (including phenoxy) is 1. The molecule has 17 heavy (non-hydrogen) atoms. The van der Waals surface area contributed by atoms with Gasteiger partial charge in [-0.05, 0) is 51.0 Å². The van der Waals surface area contributed by atoms with Gasteiger partial charge in [0.1, 0.15) is 5.75 Å². The molecule has 0 radical (unpaired) electrons. The maximum Gasteiger partial charge on any atom is 0.119 e. The van der Waals surface area contributed by atoms with Gasteiger partial charge in [0.25, 0.3) is 0 Å². The fraction of sp³-hybridized carbons (Fsp3) is 0.429. The summed E-state index contributed by atoms with van der Waals surface area (Å²) in [5.41, 5.74) is 0.344. The summed E-state index contributed by atoms with van der Waals surface area (Å²) in [7, 11) is 0. The average molecular weight is 228 g/mol. The predicted octanol–water partition coefficient (Wildman–Crippen LogP) is 3.27. The maximum absolute atomic E-state index is 8.85. The molecule has 1 aromatic carbocycles. The van der Waals surface area contributed by atoms with Crippen molar-refractivity contribution in [1.82, 2.24) is 0 Å². The van der Waals surface area contributed by atoms with Crippen molar-refractivity contribution in [3.63, 3.8) is 0 Å². The van der Waals surface area contributed by atoms with Crippen LogP contribution in [0.1, 0.15) is 32.3 Å². The van der Waals surface area contributed by atoms with Gasteiger partial charge in [0.05, 0.1) is 29.7 Å². The normalized spacial score (nSPS) is 10.4. The van der Waals surface area contributed by atoms with E-state index in [9.17, 15) is 0 Å². The summed E-state index contributed by atoms with van der Waals surface area (Å²) in [6.45, 7) is 4.44. The molecular formula is C14H16N2O. The van der Waals surface area contributed by atoms with Crippen LogP contribution in [0.3, 0.4) is 0 Å². The molecule has 0 bridgehead atoms. The van der Waals surface area contributed by atoms with Crippen molar-refractivity contribution in [2.75, 3.05) is 6.61 Å². The van der Waals surface area contributed by atoms with Gasteiger partial charge in [-0.2, -0.15) is 10.5 Å². The molecule has 0 aromatic heterocycles. The molecule has 0 N–H and O–H groups in total. The van der Waals surface area contributed by atoms with E-state index in [2.05, 4.69) is 12.1 Å². The number of nitriles is 2. The van der Waals surface area contributed by atoms with E-state index in [0.717, 1.165) is 18.6 Å². The predicted molar refractivity (Wildman–Crippen MR) is 65.3 cm³/mol. The van der Waals surface area contributed by atoms with Gasteiger partial charge >= 0.3 is 0 Å². The fourth-order valence-electron chi connectivity index (χ4n) is 1.39. The molecule has 0 aliphatic rings. The Morgan fingerprint density at radius 2 is 1.82 bits per heavy atom. The summed E-state index contributed by atoms with van der Waals surface area (Å²) in [6, 6.07) is 11.4. The first-order valence-electron chi connectivity index (χ1n) is 5.61. The van der Waals surface area contributed by atoms with Crippen LogP contribution in [-0.2, 0) is 0 Å². The minimum absolute atomic E-state index is 0.284. The Balaban J connectivity index is 2.32. The molecule has 0 heterocycles. The molecular weight excluding hydrogens is 212 g/mol. The lowest BCUT2D eigenvalue weighted by Crippen LogP contribution is -2.10. The van der Waals surface area contributed by atoms with Crippen molar-refractivity contribution in [2.24, 2.45) is 5.41 Å². The smallest absolute Gasteiger partial charge is 0.119 e. The Bertz CT molecular complexity index is 435. The molecule has 1 rings (SSSR count). The molecule has 3 nitrogen and oxygen atoms in total. The number of hydrogen-bond acceptors (Lipinski definition) is 3. The van der Waals surface area contributed by atoms with E-state index < -0.39 is 0 Å². The van der Waals surface area contributed by atoms with Gasteiger partial charge in [-0.15, -0.1) is 0 Å². The van der Waals surface area contributed by atoms with Crippen LogP contribution in [0, 0.1) is 28.1 Å². The van der Waals surface area contributed by atoms with Gasteiger partial charge < -0.3 is 4.74 Å². The molecule has 0 spiro atoms. The number of nitrogens with zero attached hydrogens (tertiary/aromatic N) is 2. The van der Waals surface area contributed by atoms with E-state index in [-0.39, 0.29) is 5.41 Å². The average Bonchev–Trinajstić information content (AvgIpc) is 2.35. The molecule has 1 aromatic rings. The molecule has 3 heteroatoms. The molecule has 0 aliphatic carbocycles. The lowest BCUT2D eigenvalue weighted by Gasteiger charge is -2.14. The van der Waals surface area contributed by atoms with Crippen molar-refractivity contribution in [3.8, 4) is 17.9 Å². The molecule has 0 saturated carbocycles. The van der Waals surface area contributed by atoms with Gasteiger partial charge in [0.15, 0.2) is 0 Å². The largest absolute Gasteiger partial charge is 0.494 e. The van der Waals surface area contributed by atoms with Gasteiger partial charge in [0, 0.05) is 0 Å². The minimum atomic E-state index is -0.284. The van der Waals surface area contributed by atoms with Gasteiger partial charge in [-0.3, -0.25) is 0 Å². The van der Waals surface area contributed by atoms with Gasteiger partial charge in [-0.1, -0.05) is 0 Å². The highest BCUT2D eigenvalue weighted by Crippen LogP contribution is 2.21. The lowest BCUT2D eigenvalue weighted by molar-refractivity contribution is 0.284. The highest BCUT2D eigenvalue weighted by atomic mass is 16.5. The second-order valence-corrected chi connectivity index (χ2v) is 4.58. The summed E-state index contributed by atoms with van der Waals surface area (Å²) in [5, 5.41) is 17.5. The topological polar surface area (TPSA) is 56.8 Å². The molecule has 88 valence electrons. The Morgan fingerprint density at radius 3 is 2.35 bits per heavy atom. The summed E-state index contributed by atoms with van der Waals surface area (Å²) >= 11 is 0. The van der Waals surface area contributed by atoms with Crippen molar-refractivity contribution < 1.29 is 4.74 Å². The molecule has 0 saturated heterocycles. The zero-order chi connectivity index (χ0) is 12.7. The molecule has 0 unspecified atom stereocenters. The zero-order valence-corrected chi connectivity index (χ0v) is 10.2. The van der Waals surface area contributed by atoms with Crippen molar-refractivity contribution in [1.29, 1.82) is 10.5 Å².